The Balaban J connectivity index is 2.81. The van der Waals surface area contributed by atoms with Crippen molar-refractivity contribution < 1.29 is 9.31 Å². The second-order valence-electron chi connectivity index (χ2n) is 2.97. The minimum atomic E-state index is -0.279. The lowest BCUT2D eigenvalue weighted by atomic mass is 9.77. The number of hydrogen-bond acceptors (Lipinski definition) is 3. The molecule has 3 nitrogen and oxygen atoms in total. The van der Waals surface area contributed by atoms with Gasteiger partial charge in [0.25, 0.3) is 0 Å². The summed E-state index contributed by atoms with van der Waals surface area (Å²) in [6.07, 6.45) is 3.57. The quantitative estimate of drug-likeness (QED) is 0.657. The molecule has 14 heavy (non-hydrogen) atoms. The maximum Gasteiger partial charge on any atom is 0.495 e. The first kappa shape index (κ1) is 11.2. The maximum atomic E-state index is 5.49. The van der Waals surface area contributed by atoms with Crippen molar-refractivity contribution >= 4 is 12.6 Å². The molecule has 0 saturated carbocycles. The first-order valence-electron chi connectivity index (χ1n) is 4.93. The molecule has 0 radical (unpaired) electrons. The first-order chi connectivity index (χ1) is 6.79. The molecular formula is C10H16BNO2. The van der Waals surface area contributed by atoms with Crippen molar-refractivity contribution in [2.75, 3.05) is 13.2 Å². The molecule has 0 bridgehead atoms. The van der Waals surface area contributed by atoms with Gasteiger partial charge in [0, 0.05) is 31.1 Å². The Kier molecular flexibility index (Phi) is 4.63. The first-order valence-corrected chi connectivity index (χ1v) is 4.93. The van der Waals surface area contributed by atoms with E-state index < -0.39 is 0 Å². The number of rotatable bonds is 5. The molecule has 0 aliphatic heterocycles. The van der Waals surface area contributed by atoms with Gasteiger partial charge in [-0.1, -0.05) is 0 Å². The number of nitrogens with zero attached hydrogens (tertiary/aromatic N) is 1. The van der Waals surface area contributed by atoms with Gasteiger partial charge in [0.05, 0.1) is 0 Å². The normalized spacial score (nSPS) is 10.2. The van der Waals surface area contributed by atoms with Gasteiger partial charge in [0.1, 0.15) is 0 Å². The maximum absolute atomic E-state index is 5.49. The topological polar surface area (TPSA) is 31.4 Å². The van der Waals surface area contributed by atoms with Crippen LogP contribution in [0, 0.1) is 6.92 Å². The Morgan fingerprint density at radius 3 is 2.43 bits per heavy atom. The summed E-state index contributed by atoms with van der Waals surface area (Å²) in [6.45, 7) is 7.22. The van der Waals surface area contributed by atoms with Crippen LogP contribution < -0.4 is 5.46 Å². The van der Waals surface area contributed by atoms with Gasteiger partial charge in [0.2, 0.25) is 0 Å². The summed E-state index contributed by atoms with van der Waals surface area (Å²) in [5.41, 5.74) is 2.16. The molecule has 1 aromatic heterocycles. The Labute approximate surface area is 85.6 Å². The lowest BCUT2D eigenvalue weighted by molar-refractivity contribution is 0.225. The summed E-state index contributed by atoms with van der Waals surface area (Å²) in [4.78, 5) is 4.07. The fourth-order valence-corrected chi connectivity index (χ4v) is 1.25. The molecule has 0 amide bonds. The Hall–Kier alpha value is -0.865. The lowest BCUT2D eigenvalue weighted by Gasteiger charge is -2.13. The zero-order valence-electron chi connectivity index (χ0n) is 8.99. The molecule has 0 fully saturated rings. The van der Waals surface area contributed by atoms with Crippen LogP contribution in [-0.2, 0) is 9.31 Å². The van der Waals surface area contributed by atoms with Crippen LogP contribution in [0.1, 0.15) is 19.4 Å². The second-order valence-corrected chi connectivity index (χ2v) is 2.97. The van der Waals surface area contributed by atoms with E-state index in [-0.39, 0.29) is 7.12 Å². The lowest BCUT2D eigenvalue weighted by Crippen LogP contribution is -2.38. The average Bonchev–Trinajstić information content (AvgIpc) is 2.18. The van der Waals surface area contributed by atoms with Crippen LogP contribution in [0.3, 0.4) is 0 Å². The molecule has 1 heterocycles. The second kappa shape index (κ2) is 5.78. The van der Waals surface area contributed by atoms with Gasteiger partial charge in [-0.2, -0.15) is 0 Å². The molecule has 1 aromatic rings. The highest BCUT2D eigenvalue weighted by Gasteiger charge is 2.21. The van der Waals surface area contributed by atoms with Crippen LogP contribution in [0.5, 0.6) is 0 Å². The van der Waals surface area contributed by atoms with E-state index in [4.69, 9.17) is 9.31 Å². The SMILES string of the molecule is CCOB(OCC)c1cnccc1C. The fraction of sp³-hybridized carbons (Fsp3) is 0.500. The molecule has 4 heteroatoms. The van der Waals surface area contributed by atoms with Gasteiger partial charge < -0.3 is 9.31 Å². The minimum Gasteiger partial charge on any atom is -0.408 e. The highest BCUT2D eigenvalue weighted by atomic mass is 16.6. The largest absolute Gasteiger partial charge is 0.495 e. The standard InChI is InChI=1S/C10H16BNO2/c1-4-13-11(14-5-2)10-8-12-7-6-9(10)3/h6-8H,4-5H2,1-3H3. The van der Waals surface area contributed by atoms with E-state index in [1.807, 2.05) is 26.8 Å². The van der Waals surface area contributed by atoms with Crippen LogP contribution in [0.25, 0.3) is 0 Å². The zero-order valence-corrected chi connectivity index (χ0v) is 8.99. The predicted octanol–water partition coefficient (Wildman–Crippen LogP) is 1.16. The molecule has 0 aromatic carbocycles. The van der Waals surface area contributed by atoms with E-state index in [0.717, 1.165) is 11.0 Å². The van der Waals surface area contributed by atoms with E-state index in [9.17, 15) is 0 Å². The number of hydrogen-bond donors (Lipinski definition) is 0. The number of aryl methyl sites for hydroxylation is 1. The molecule has 0 aliphatic carbocycles. The smallest absolute Gasteiger partial charge is 0.408 e. The van der Waals surface area contributed by atoms with E-state index in [1.54, 1.807) is 12.4 Å². The highest BCUT2D eigenvalue weighted by molar-refractivity contribution is 6.61. The van der Waals surface area contributed by atoms with Crippen molar-refractivity contribution in [3.8, 4) is 0 Å². The van der Waals surface area contributed by atoms with Crippen LogP contribution in [0.2, 0.25) is 0 Å². The van der Waals surface area contributed by atoms with Crippen LogP contribution in [0.15, 0.2) is 18.5 Å². The van der Waals surface area contributed by atoms with Gasteiger partial charge in [-0.25, -0.2) is 0 Å². The fourth-order valence-electron chi connectivity index (χ4n) is 1.25. The van der Waals surface area contributed by atoms with Crippen molar-refractivity contribution in [1.82, 2.24) is 4.98 Å². The monoisotopic (exact) mass is 193 g/mol. The Morgan fingerprint density at radius 1 is 1.29 bits per heavy atom. The van der Waals surface area contributed by atoms with Crippen molar-refractivity contribution in [2.24, 2.45) is 0 Å². The highest BCUT2D eigenvalue weighted by Crippen LogP contribution is 1.97. The van der Waals surface area contributed by atoms with Gasteiger partial charge in [-0.15, -0.1) is 0 Å². The van der Waals surface area contributed by atoms with Crippen LogP contribution in [0.4, 0.5) is 0 Å². The summed E-state index contributed by atoms with van der Waals surface area (Å²) < 4.78 is 11.0. The van der Waals surface area contributed by atoms with Crippen molar-refractivity contribution in [2.45, 2.75) is 20.8 Å². The minimum absolute atomic E-state index is 0.279. The molecular weight excluding hydrogens is 177 g/mol. The van der Waals surface area contributed by atoms with Crippen molar-refractivity contribution in [3.63, 3.8) is 0 Å². The van der Waals surface area contributed by atoms with Gasteiger partial charge >= 0.3 is 7.12 Å². The van der Waals surface area contributed by atoms with Crippen molar-refractivity contribution in [1.29, 1.82) is 0 Å². The zero-order chi connectivity index (χ0) is 10.4. The van der Waals surface area contributed by atoms with Gasteiger partial charge in [0.15, 0.2) is 0 Å². The molecule has 0 N–H and O–H groups in total. The third kappa shape index (κ3) is 2.82. The number of aromatic nitrogens is 1. The van der Waals surface area contributed by atoms with E-state index in [0.29, 0.717) is 13.2 Å². The van der Waals surface area contributed by atoms with E-state index in [2.05, 4.69) is 4.98 Å². The third-order valence-corrected chi connectivity index (χ3v) is 1.97. The van der Waals surface area contributed by atoms with Crippen molar-refractivity contribution in [3.05, 3.63) is 24.0 Å². The third-order valence-electron chi connectivity index (χ3n) is 1.97. The average molecular weight is 193 g/mol. The molecule has 0 atom stereocenters. The molecule has 1 rings (SSSR count). The molecule has 0 saturated heterocycles. The van der Waals surface area contributed by atoms with Gasteiger partial charge in [-0.3, -0.25) is 4.98 Å². The van der Waals surface area contributed by atoms with Gasteiger partial charge in [-0.05, 0) is 32.4 Å². The van der Waals surface area contributed by atoms with E-state index >= 15 is 0 Å². The Bertz CT molecular complexity index is 275. The molecule has 0 aliphatic rings. The number of pyridine rings is 1. The molecule has 76 valence electrons. The molecule has 0 spiro atoms. The molecule has 0 unspecified atom stereocenters. The summed E-state index contributed by atoms with van der Waals surface area (Å²) in [5, 5.41) is 0. The predicted molar refractivity (Wildman–Crippen MR) is 57.6 cm³/mol. The van der Waals surface area contributed by atoms with Crippen LogP contribution >= 0.6 is 0 Å². The summed E-state index contributed by atoms with van der Waals surface area (Å²) in [5.74, 6) is 0. The summed E-state index contributed by atoms with van der Waals surface area (Å²) in [7, 11) is -0.279. The Morgan fingerprint density at radius 2 is 1.93 bits per heavy atom. The van der Waals surface area contributed by atoms with E-state index in [1.165, 1.54) is 0 Å². The summed E-state index contributed by atoms with van der Waals surface area (Å²) >= 11 is 0. The summed E-state index contributed by atoms with van der Waals surface area (Å²) in [6, 6.07) is 1.96. The van der Waals surface area contributed by atoms with Crippen LogP contribution in [-0.4, -0.2) is 25.3 Å².